The summed E-state index contributed by atoms with van der Waals surface area (Å²) >= 11 is 0. The SMILES string of the molecule is CCCCCCCCCCCCCCOCCCOP(=O)(O)OCC[N+](C)(C)C. The molecule has 0 aromatic carbocycles. The highest BCUT2D eigenvalue weighted by molar-refractivity contribution is 7.47. The smallest absolute Gasteiger partial charge is 0.381 e. The number of hydrogen-bond acceptors (Lipinski definition) is 4. The average molecular weight is 439 g/mol. The molecule has 0 amide bonds. The highest BCUT2D eigenvalue weighted by atomic mass is 31.2. The molecule has 29 heavy (non-hydrogen) atoms. The Bertz CT molecular complexity index is 401. The molecular formula is C22H49NO5P+. The van der Waals surface area contributed by atoms with Crippen molar-refractivity contribution in [2.45, 2.75) is 90.4 Å². The van der Waals surface area contributed by atoms with E-state index in [-0.39, 0.29) is 13.2 Å². The lowest BCUT2D eigenvalue weighted by Crippen LogP contribution is -2.37. The quantitative estimate of drug-likeness (QED) is 0.129. The molecule has 0 radical (unpaired) electrons. The molecule has 0 saturated heterocycles. The molecule has 0 rings (SSSR count). The van der Waals surface area contributed by atoms with Crippen LogP contribution in [0.4, 0.5) is 0 Å². The number of rotatable bonds is 22. The number of phosphoric acid groups is 1. The van der Waals surface area contributed by atoms with Gasteiger partial charge in [-0.3, -0.25) is 9.05 Å². The molecule has 0 aliphatic carbocycles. The Hall–Kier alpha value is 0.0300. The van der Waals surface area contributed by atoms with Gasteiger partial charge < -0.3 is 14.1 Å². The summed E-state index contributed by atoms with van der Waals surface area (Å²) in [5.74, 6) is 0. The molecule has 0 aromatic rings. The Morgan fingerprint density at radius 3 is 1.62 bits per heavy atom. The summed E-state index contributed by atoms with van der Waals surface area (Å²) in [4.78, 5) is 9.60. The zero-order chi connectivity index (χ0) is 21.8. The first-order valence-corrected chi connectivity index (χ1v) is 13.3. The second kappa shape index (κ2) is 18.8. The zero-order valence-electron chi connectivity index (χ0n) is 19.7. The maximum absolute atomic E-state index is 11.7. The number of hydrogen-bond donors (Lipinski definition) is 1. The van der Waals surface area contributed by atoms with Crippen molar-refractivity contribution in [3.8, 4) is 0 Å². The van der Waals surface area contributed by atoms with E-state index in [4.69, 9.17) is 13.8 Å². The van der Waals surface area contributed by atoms with Gasteiger partial charge in [-0.15, -0.1) is 0 Å². The highest BCUT2D eigenvalue weighted by Gasteiger charge is 2.21. The Morgan fingerprint density at radius 1 is 0.655 bits per heavy atom. The molecule has 0 aliphatic heterocycles. The molecule has 0 spiro atoms. The molecule has 7 heteroatoms. The van der Waals surface area contributed by atoms with Crippen LogP contribution in [0.5, 0.6) is 0 Å². The maximum atomic E-state index is 11.7. The summed E-state index contributed by atoms with van der Waals surface area (Å²) in [7, 11) is 2.07. The summed E-state index contributed by atoms with van der Waals surface area (Å²) in [6.07, 6.45) is 16.6. The molecular weight excluding hydrogens is 389 g/mol. The van der Waals surface area contributed by atoms with Gasteiger partial charge in [-0.25, -0.2) is 4.57 Å². The van der Waals surface area contributed by atoms with Crippen LogP contribution < -0.4 is 0 Å². The van der Waals surface area contributed by atoms with Crippen molar-refractivity contribution in [3.63, 3.8) is 0 Å². The van der Waals surface area contributed by atoms with Crippen LogP contribution in [0.25, 0.3) is 0 Å². The molecule has 1 unspecified atom stereocenters. The summed E-state index contributed by atoms with van der Waals surface area (Å²) in [6, 6.07) is 0. The lowest BCUT2D eigenvalue weighted by Gasteiger charge is -2.24. The minimum atomic E-state index is -3.93. The van der Waals surface area contributed by atoms with Crippen LogP contribution in [0.1, 0.15) is 90.4 Å². The normalized spacial score (nSPS) is 14.2. The predicted molar refractivity (Wildman–Crippen MR) is 121 cm³/mol. The minimum absolute atomic E-state index is 0.177. The van der Waals surface area contributed by atoms with E-state index < -0.39 is 7.82 Å². The van der Waals surface area contributed by atoms with Gasteiger partial charge in [0, 0.05) is 13.2 Å². The summed E-state index contributed by atoms with van der Waals surface area (Å²) in [5, 5.41) is 0. The second-order valence-electron chi connectivity index (χ2n) is 9.00. The third-order valence-electron chi connectivity index (χ3n) is 4.85. The number of phosphoric ester groups is 1. The fourth-order valence-electron chi connectivity index (χ4n) is 2.96. The molecule has 0 fully saturated rings. The minimum Gasteiger partial charge on any atom is -0.381 e. The second-order valence-corrected chi connectivity index (χ2v) is 10.5. The molecule has 0 aromatic heterocycles. The van der Waals surface area contributed by atoms with Gasteiger partial charge in [0.05, 0.1) is 27.7 Å². The third-order valence-corrected chi connectivity index (χ3v) is 5.86. The van der Waals surface area contributed by atoms with E-state index in [1.807, 2.05) is 21.1 Å². The van der Waals surface area contributed by atoms with Crippen LogP contribution in [0.15, 0.2) is 0 Å². The van der Waals surface area contributed by atoms with E-state index in [0.29, 0.717) is 24.1 Å². The number of nitrogens with zero attached hydrogens (tertiary/aromatic N) is 1. The molecule has 176 valence electrons. The van der Waals surface area contributed by atoms with E-state index in [1.54, 1.807) is 0 Å². The number of ether oxygens (including phenoxy) is 1. The number of quaternary nitrogens is 1. The maximum Gasteiger partial charge on any atom is 0.472 e. The largest absolute Gasteiger partial charge is 0.472 e. The van der Waals surface area contributed by atoms with Crippen LogP contribution >= 0.6 is 7.82 Å². The van der Waals surface area contributed by atoms with Crippen LogP contribution in [0.3, 0.4) is 0 Å². The van der Waals surface area contributed by atoms with Gasteiger partial charge in [-0.05, 0) is 12.8 Å². The third kappa shape index (κ3) is 24.2. The van der Waals surface area contributed by atoms with Crippen molar-refractivity contribution < 1.29 is 27.7 Å². The van der Waals surface area contributed by atoms with Crippen LogP contribution in [0.2, 0.25) is 0 Å². The van der Waals surface area contributed by atoms with Crippen molar-refractivity contribution in [2.24, 2.45) is 0 Å². The van der Waals surface area contributed by atoms with Gasteiger partial charge in [0.15, 0.2) is 0 Å². The molecule has 0 saturated carbocycles. The Morgan fingerprint density at radius 2 is 1.10 bits per heavy atom. The molecule has 0 bridgehead atoms. The van der Waals surface area contributed by atoms with Gasteiger partial charge >= 0.3 is 7.82 Å². The van der Waals surface area contributed by atoms with E-state index in [9.17, 15) is 9.46 Å². The van der Waals surface area contributed by atoms with Crippen LogP contribution in [-0.4, -0.2) is 63.5 Å². The fourth-order valence-corrected chi connectivity index (χ4v) is 3.70. The summed E-state index contributed by atoms with van der Waals surface area (Å²) in [5.41, 5.74) is 0. The van der Waals surface area contributed by atoms with E-state index >= 15 is 0 Å². The first-order chi connectivity index (χ1) is 13.8. The summed E-state index contributed by atoms with van der Waals surface area (Å²) < 4.78 is 27.9. The average Bonchev–Trinajstić information content (AvgIpc) is 2.63. The first-order valence-electron chi connectivity index (χ1n) is 11.8. The molecule has 0 heterocycles. The van der Waals surface area contributed by atoms with E-state index in [1.165, 1.54) is 70.6 Å². The lowest BCUT2D eigenvalue weighted by molar-refractivity contribution is -0.870. The standard InChI is InChI=1S/C22H48NO5P/c1-5-6-7-8-9-10-11-12-13-14-15-16-19-26-20-17-21-27-29(24,25)28-22-18-23(2,3)4/h5-22H2,1-4H3/p+1. The van der Waals surface area contributed by atoms with Gasteiger partial charge in [0.2, 0.25) is 0 Å². The Kier molecular flexibility index (Phi) is 18.8. The van der Waals surface area contributed by atoms with Crippen LogP contribution in [-0.2, 0) is 18.3 Å². The summed E-state index contributed by atoms with van der Waals surface area (Å²) in [6.45, 7) is 4.60. The highest BCUT2D eigenvalue weighted by Crippen LogP contribution is 2.43. The van der Waals surface area contributed by atoms with Gasteiger partial charge in [0.25, 0.3) is 0 Å². The topological polar surface area (TPSA) is 65.0 Å². The number of likely N-dealkylation sites (N-methyl/N-ethyl adjacent to an activating group) is 1. The molecule has 0 aliphatic rings. The first kappa shape index (κ1) is 29.0. The van der Waals surface area contributed by atoms with Gasteiger partial charge in [-0.1, -0.05) is 77.6 Å². The molecule has 1 atom stereocenters. The van der Waals surface area contributed by atoms with E-state index in [2.05, 4.69) is 6.92 Å². The van der Waals surface area contributed by atoms with Gasteiger partial charge in [-0.2, -0.15) is 0 Å². The van der Waals surface area contributed by atoms with E-state index in [0.717, 1.165) is 13.0 Å². The monoisotopic (exact) mass is 438 g/mol. The van der Waals surface area contributed by atoms with Crippen molar-refractivity contribution in [3.05, 3.63) is 0 Å². The van der Waals surface area contributed by atoms with Crippen molar-refractivity contribution in [1.29, 1.82) is 0 Å². The molecule has 6 nitrogen and oxygen atoms in total. The Balaban J connectivity index is 3.28. The molecule has 1 N–H and O–H groups in total. The lowest BCUT2D eigenvalue weighted by atomic mass is 10.1. The Labute approximate surface area is 180 Å². The van der Waals surface area contributed by atoms with Crippen molar-refractivity contribution >= 4 is 7.82 Å². The van der Waals surface area contributed by atoms with Crippen molar-refractivity contribution in [1.82, 2.24) is 0 Å². The predicted octanol–water partition coefficient (Wildman–Crippen LogP) is 5.93. The number of unbranched alkanes of at least 4 members (excludes halogenated alkanes) is 11. The fraction of sp³-hybridized carbons (Fsp3) is 1.00. The van der Waals surface area contributed by atoms with Crippen molar-refractivity contribution in [2.75, 3.05) is 54.1 Å². The van der Waals surface area contributed by atoms with Gasteiger partial charge in [0.1, 0.15) is 13.2 Å². The zero-order valence-corrected chi connectivity index (χ0v) is 20.6. The van der Waals surface area contributed by atoms with Crippen LogP contribution in [0, 0.1) is 0 Å².